The fraction of sp³-hybridized carbons (Fsp3) is 0.227. The molecule has 0 aliphatic rings. The largest absolute Gasteiger partial charge is 0.493 e. The summed E-state index contributed by atoms with van der Waals surface area (Å²) in [7, 11) is 1.56. The molecule has 0 radical (unpaired) electrons. The van der Waals surface area contributed by atoms with E-state index in [0.717, 1.165) is 22.8 Å². The van der Waals surface area contributed by atoms with Crippen LogP contribution in [0.25, 0.3) is 0 Å². The van der Waals surface area contributed by atoms with Crippen LogP contribution in [-0.4, -0.2) is 37.4 Å². The highest BCUT2D eigenvalue weighted by Crippen LogP contribution is 2.27. The van der Waals surface area contributed by atoms with Crippen molar-refractivity contribution in [2.24, 2.45) is 5.10 Å². The van der Waals surface area contributed by atoms with Crippen LogP contribution in [0.5, 0.6) is 11.5 Å². The molecule has 0 saturated heterocycles. The molecule has 1 heterocycles. The molecule has 1 aromatic heterocycles. The first-order valence-electron chi connectivity index (χ1n) is 9.46. The fourth-order valence-corrected chi connectivity index (χ4v) is 3.27. The molecule has 3 aromatic rings. The third-order valence-electron chi connectivity index (χ3n) is 4.12. The number of hydrogen-bond donors (Lipinski definition) is 2. The Kier molecular flexibility index (Phi) is 7.79. The van der Waals surface area contributed by atoms with Crippen molar-refractivity contribution in [3.8, 4) is 11.5 Å². The van der Waals surface area contributed by atoms with E-state index in [1.165, 1.54) is 16.9 Å². The average molecular weight is 425 g/mol. The number of hydrogen-bond acceptors (Lipinski definition) is 7. The van der Waals surface area contributed by atoms with Crippen molar-refractivity contribution in [3.05, 3.63) is 70.7 Å². The van der Waals surface area contributed by atoms with Crippen molar-refractivity contribution in [1.29, 1.82) is 0 Å². The Balaban J connectivity index is 1.47. The van der Waals surface area contributed by atoms with E-state index in [-0.39, 0.29) is 12.5 Å². The van der Waals surface area contributed by atoms with Gasteiger partial charge in [0.2, 0.25) is 5.13 Å². The number of nitrogens with one attached hydrogen (secondary N) is 2. The SMILES string of the molecule is COc1cc(C=NNc2nc(C)cs2)ccc1OCC(=O)NCCc1ccccc1. The molecule has 2 N–H and O–H groups in total. The molecule has 1 amide bonds. The number of hydrazone groups is 1. The number of ether oxygens (including phenoxy) is 2. The number of aromatic nitrogens is 1. The van der Waals surface area contributed by atoms with Crippen molar-refractivity contribution in [2.45, 2.75) is 13.3 Å². The zero-order valence-corrected chi connectivity index (χ0v) is 17.7. The monoisotopic (exact) mass is 424 g/mol. The summed E-state index contributed by atoms with van der Waals surface area (Å²) in [5.41, 5.74) is 5.84. The van der Waals surface area contributed by atoms with Crippen molar-refractivity contribution in [3.63, 3.8) is 0 Å². The molecule has 3 rings (SSSR count). The number of carbonyl (C=O) groups is 1. The molecule has 8 heteroatoms. The van der Waals surface area contributed by atoms with Gasteiger partial charge in [0.15, 0.2) is 18.1 Å². The van der Waals surface area contributed by atoms with Gasteiger partial charge in [-0.15, -0.1) is 11.3 Å². The van der Waals surface area contributed by atoms with Gasteiger partial charge in [-0.3, -0.25) is 10.2 Å². The van der Waals surface area contributed by atoms with Crippen LogP contribution in [-0.2, 0) is 11.2 Å². The van der Waals surface area contributed by atoms with E-state index in [1.807, 2.05) is 48.7 Å². The molecule has 0 aliphatic heterocycles. The highest BCUT2D eigenvalue weighted by molar-refractivity contribution is 7.13. The van der Waals surface area contributed by atoms with Crippen LogP contribution in [0.15, 0.2) is 59.0 Å². The first-order valence-corrected chi connectivity index (χ1v) is 10.3. The maximum absolute atomic E-state index is 12.0. The second kappa shape index (κ2) is 11.0. The smallest absolute Gasteiger partial charge is 0.257 e. The number of thiazole rings is 1. The summed E-state index contributed by atoms with van der Waals surface area (Å²) in [5.74, 6) is 0.846. The molecule has 0 unspecified atom stereocenters. The molecule has 0 aliphatic carbocycles. The summed E-state index contributed by atoms with van der Waals surface area (Å²) >= 11 is 1.49. The van der Waals surface area contributed by atoms with Crippen LogP contribution in [0.1, 0.15) is 16.8 Å². The van der Waals surface area contributed by atoms with Gasteiger partial charge in [0.05, 0.1) is 19.0 Å². The van der Waals surface area contributed by atoms with Crippen LogP contribution in [0.2, 0.25) is 0 Å². The standard InChI is InChI=1S/C22H24N4O3S/c1-16-15-30-22(25-16)26-24-13-18-8-9-19(20(12-18)28-2)29-14-21(27)23-11-10-17-6-4-3-5-7-17/h3-9,12-13,15H,10-11,14H2,1-2H3,(H,23,27)(H,25,26). The Hall–Kier alpha value is -3.39. The van der Waals surface area contributed by atoms with Gasteiger partial charge in [-0.05, 0) is 42.7 Å². The number of aryl methyl sites for hydroxylation is 1. The molecule has 30 heavy (non-hydrogen) atoms. The molecule has 156 valence electrons. The van der Waals surface area contributed by atoms with Crippen LogP contribution in [0.4, 0.5) is 5.13 Å². The highest BCUT2D eigenvalue weighted by Gasteiger charge is 2.08. The minimum absolute atomic E-state index is 0.0798. The van der Waals surface area contributed by atoms with Gasteiger partial charge in [-0.25, -0.2) is 4.98 Å². The van der Waals surface area contributed by atoms with Crippen LogP contribution >= 0.6 is 11.3 Å². The summed E-state index contributed by atoms with van der Waals surface area (Å²) in [6.45, 7) is 2.41. The van der Waals surface area contributed by atoms with Gasteiger partial charge in [-0.1, -0.05) is 30.3 Å². The molecule has 0 spiro atoms. The summed E-state index contributed by atoms with van der Waals surface area (Å²) < 4.78 is 11.0. The predicted octanol–water partition coefficient (Wildman–Crippen LogP) is 3.64. The van der Waals surface area contributed by atoms with E-state index in [2.05, 4.69) is 20.8 Å². The van der Waals surface area contributed by atoms with E-state index < -0.39 is 0 Å². The number of rotatable bonds is 10. The van der Waals surface area contributed by atoms with E-state index in [1.54, 1.807) is 25.5 Å². The van der Waals surface area contributed by atoms with Gasteiger partial charge >= 0.3 is 0 Å². The van der Waals surface area contributed by atoms with Gasteiger partial charge in [0.25, 0.3) is 5.91 Å². The number of benzene rings is 2. The lowest BCUT2D eigenvalue weighted by molar-refractivity contribution is -0.123. The van der Waals surface area contributed by atoms with E-state index in [0.29, 0.717) is 18.0 Å². The third-order valence-corrected chi connectivity index (χ3v) is 4.98. The van der Waals surface area contributed by atoms with Gasteiger partial charge < -0.3 is 14.8 Å². The Labute approximate surface area is 179 Å². The quantitative estimate of drug-likeness (QED) is 0.383. The molecule has 0 bridgehead atoms. The van der Waals surface area contributed by atoms with Crippen molar-refractivity contribution in [1.82, 2.24) is 10.3 Å². The highest BCUT2D eigenvalue weighted by atomic mass is 32.1. The second-order valence-corrected chi connectivity index (χ2v) is 7.31. The maximum Gasteiger partial charge on any atom is 0.257 e. The number of amides is 1. The number of carbonyl (C=O) groups excluding carboxylic acids is 1. The number of methoxy groups -OCH3 is 1. The Morgan fingerprint density at radius 1 is 1.20 bits per heavy atom. The maximum atomic E-state index is 12.0. The lowest BCUT2D eigenvalue weighted by atomic mass is 10.1. The summed E-state index contributed by atoms with van der Waals surface area (Å²) in [6, 6.07) is 15.4. The molecule has 7 nitrogen and oxygen atoms in total. The van der Waals surface area contributed by atoms with Crippen LogP contribution in [0, 0.1) is 6.92 Å². The van der Waals surface area contributed by atoms with Gasteiger partial charge in [0.1, 0.15) is 0 Å². The fourth-order valence-electron chi connectivity index (χ4n) is 2.64. The summed E-state index contributed by atoms with van der Waals surface area (Å²) in [5, 5.41) is 9.71. The molecular formula is C22H24N4O3S. The molecular weight excluding hydrogens is 400 g/mol. The minimum atomic E-state index is -0.179. The third kappa shape index (κ3) is 6.59. The van der Waals surface area contributed by atoms with Crippen molar-refractivity contribution in [2.75, 3.05) is 25.7 Å². The predicted molar refractivity (Wildman–Crippen MR) is 120 cm³/mol. The lowest BCUT2D eigenvalue weighted by Gasteiger charge is -2.11. The molecule has 2 aromatic carbocycles. The Bertz CT molecular complexity index is 989. The topological polar surface area (TPSA) is 84.8 Å². The Morgan fingerprint density at radius 3 is 2.77 bits per heavy atom. The number of anilines is 1. The lowest BCUT2D eigenvalue weighted by Crippen LogP contribution is -2.30. The van der Waals surface area contributed by atoms with E-state index >= 15 is 0 Å². The van der Waals surface area contributed by atoms with Gasteiger partial charge in [0, 0.05) is 11.9 Å². The van der Waals surface area contributed by atoms with E-state index in [9.17, 15) is 4.79 Å². The summed E-state index contributed by atoms with van der Waals surface area (Å²) in [6.07, 6.45) is 2.44. The first-order chi connectivity index (χ1) is 14.6. The molecule has 0 atom stereocenters. The molecule has 0 saturated carbocycles. The second-order valence-electron chi connectivity index (χ2n) is 6.45. The van der Waals surface area contributed by atoms with E-state index in [4.69, 9.17) is 9.47 Å². The Morgan fingerprint density at radius 2 is 2.03 bits per heavy atom. The first kappa shape index (κ1) is 21.3. The minimum Gasteiger partial charge on any atom is -0.493 e. The zero-order chi connectivity index (χ0) is 21.2. The molecule has 0 fully saturated rings. The van der Waals surface area contributed by atoms with Crippen molar-refractivity contribution < 1.29 is 14.3 Å². The van der Waals surface area contributed by atoms with Crippen molar-refractivity contribution >= 4 is 28.6 Å². The van der Waals surface area contributed by atoms with Gasteiger partial charge in [-0.2, -0.15) is 5.10 Å². The van der Waals surface area contributed by atoms with Crippen LogP contribution in [0.3, 0.4) is 0 Å². The van der Waals surface area contributed by atoms with Crippen LogP contribution < -0.4 is 20.2 Å². The normalized spacial score (nSPS) is 10.7. The zero-order valence-electron chi connectivity index (χ0n) is 16.9. The number of nitrogens with zero attached hydrogens (tertiary/aromatic N) is 2. The summed E-state index contributed by atoms with van der Waals surface area (Å²) in [4.78, 5) is 16.3. The average Bonchev–Trinajstić information content (AvgIpc) is 3.18.